The summed E-state index contributed by atoms with van der Waals surface area (Å²) in [6.45, 7) is 5.06. The van der Waals surface area contributed by atoms with Crippen molar-refractivity contribution in [1.29, 1.82) is 0 Å². The maximum atomic E-state index is 11.8. The van der Waals surface area contributed by atoms with E-state index in [4.69, 9.17) is 0 Å². The van der Waals surface area contributed by atoms with Gasteiger partial charge in [0, 0.05) is 12.6 Å². The third kappa shape index (κ3) is 4.56. The molecular weight excluding hydrogens is 238 g/mol. The van der Waals surface area contributed by atoms with Crippen molar-refractivity contribution in [2.45, 2.75) is 50.8 Å². The van der Waals surface area contributed by atoms with Crippen LogP contribution in [0.1, 0.15) is 39.5 Å². The second-order valence-electron chi connectivity index (χ2n) is 5.14. The minimum Gasteiger partial charge on any atom is -0.395 e. The van der Waals surface area contributed by atoms with E-state index in [1.54, 1.807) is 13.8 Å². The molecule has 0 amide bonds. The van der Waals surface area contributed by atoms with Gasteiger partial charge in [0.1, 0.15) is 0 Å². The summed E-state index contributed by atoms with van der Waals surface area (Å²) in [7, 11) is -2.96. The van der Waals surface area contributed by atoms with Crippen LogP contribution in [0.5, 0.6) is 0 Å². The Morgan fingerprint density at radius 2 is 2.00 bits per heavy atom. The molecule has 0 aliphatic carbocycles. The van der Waals surface area contributed by atoms with Crippen molar-refractivity contribution >= 4 is 9.84 Å². The molecule has 0 spiro atoms. The molecule has 0 radical (unpaired) electrons. The van der Waals surface area contributed by atoms with Crippen LogP contribution in [0.4, 0.5) is 0 Å². The van der Waals surface area contributed by atoms with Gasteiger partial charge in [0.25, 0.3) is 0 Å². The summed E-state index contributed by atoms with van der Waals surface area (Å²) in [4.78, 5) is 2.15. The molecule has 1 rings (SSSR count). The van der Waals surface area contributed by atoms with Crippen molar-refractivity contribution in [1.82, 2.24) is 4.90 Å². The van der Waals surface area contributed by atoms with Gasteiger partial charge < -0.3 is 5.11 Å². The Labute approximate surface area is 105 Å². The van der Waals surface area contributed by atoms with Gasteiger partial charge in [-0.2, -0.15) is 0 Å². The molecule has 1 fully saturated rings. The summed E-state index contributed by atoms with van der Waals surface area (Å²) in [5.74, 6) is 0.209. The Bertz CT molecular complexity index is 314. The molecule has 0 aromatic heterocycles. The standard InChI is InChI=1S/C12H25NO3S/c1-11(2)17(15,16)9-8-13-7-5-3-4-6-12(13)10-14/h11-12,14H,3-10H2,1-2H3. The molecule has 5 heteroatoms. The molecule has 0 bridgehead atoms. The van der Waals surface area contributed by atoms with Gasteiger partial charge in [0.15, 0.2) is 9.84 Å². The number of likely N-dealkylation sites (tertiary alicyclic amines) is 1. The highest BCUT2D eigenvalue weighted by Crippen LogP contribution is 2.16. The fraction of sp³-hybridized carbons (Fsp3) is 1.00. The number of rotatable bonds is 5. The molecule has 1 saturated heterocycles. The van der Waals surface area contributed by atoms with Crippen LogP contribution < -0.4 is 0 Å². The van der Waals surface area contributed by atoms with Crippen LogP contribution in [-0.4, -0.2) is 55.2 Å². The second kappa shape index (κ2) is 6.71. The van der Waals surface area contributed by atoms with Gasteiger partial charge in [-0.25, -0.2) is 8.42 Å². The lowest BCUT2D eigenvalue weighted by Crippen LogP contribution is -2.41. The fourth-order valence-electron chi connectivity index (χ4n) is 2.22. The van der Waals surface area contributed by atoms with Crippen molar-refractivity contribution in [3.8, 4) is 0 Å². The van der Waals surface area contributed by atoms with Gasteiger partial charge in [-0.3, -0.25) is 4.90 Å². The lowest BCUT2D eigenvalue weighted by molar-refractivity contribution is 0.130. The minimum atomic E-state index is -2.96. The average Bonchev–Trinajstić information content (AvgIpc) is 2.50. The summed E-state index contributed by atoms with van der Waals surface area (Å²) < 4.78 is 23.5. The molecule has 1 aliphatic rings. The van der Waals surface area contributed by atoms with Crippen molar-refractivity contribution < 1.29 is 13.5 Å². The molecule has 1 aliphatic heterocycles. The van der Waals surface area contributed by atoms with E-state index in [1.807, 2.05) is 0 Å². The quantitative estimate of drug-likeness (QED) is 0.805. The van der Waals surface area contributed by atoms with Gasteiger partial charge in [0.05, 0.1) is 17.6 Å². The summed E-state index contributed by atoms with van der Waals surface area (Å²) in [6, 6.07) is 0.153. The minimum absolute atomic E-state index is 0.141. The molecule has 4 nitrogen and oxygen atoms in total. The number of hydrogen-bond donors (Lipinski definition) is 1. The summed E-state index contributed by atoms with van der Waals surface area (Å²) in [6.07, 6.45) is 4.42. The third-order valence-electron chi connectivity index (χ3n) is 3.59. The summed E-state index contributed by atoms with van der Waals surface area (Å²) in [5, 5.41) is 9.03. The molecule has 1 unspecified atom stereocenters. The first kappa shape index (κ1) is 14.9. The Morgan fingerprint density at radius 3 is 2.59 bits per heavy atom. The maximum absolute atomic E-state index is 11.8. The van der Waals surface area contributed by atoms with E-state index < -0.39 is 9.84 Å². The molecule has 0 aromatic carbocycles. The van der Waals surface area contributed by atoms with E-state index in [0.717, 1.165) is 25.8 Å². The number of nitrogens with zero attached hydrogens (tertiary/aromatic N) is 1. The van der Waals surface area contributed by atoms with Crippen molar-refractivity contribution in [3.63, 3.8) is 0 Å². The highest BCUT2D eigenvalue weighted by molar-refractivity contribution is 7.92. The van der Waals surface area contributed by atoms with Crippen molar-refractivity contribution in [2.24, 2.45) is 0 Å². The van der Waals surface area contributed by atoms with Crippen LogP contribution in [0.15, 0.2) is 0 Å². The average molecular weight is 263 g/mol. The van der Waals surface area contributed by atoms with Crippen LogP contribution in [-0.2, 0) is 9.84 Å². The van der Waals surface area contributed by atoms with E-state index >= 15 is 0 Å². The molecule has 102 valence electrons. The van der Waals surface area contributed by atoms with Crippen LogP contribution in [0, 0.1) is 0 Å². The molecule has 0 saturated carbocycles. The van der Waals surface area contributed by atoms with Gasteiger partial charge in [-0.15, -0.1) is 0 Å². The van der Waals surface area contributed by atoms with Crippen LogP contribution >= 0.6 is 0 Å². The predicted molar refractivity (Wildman–Crippen MR) is 69.8 cm³/mol. The lowest BCUT2D eigenvalue weighted by Gasteiger charge is -2.28. The zero-order chi connectivity index (χ0) is 12.9. The van der Waals surface area contributed by atoms with Gasteiger partial charge in [-0.05, 0) is 33.2 Å². The number of sulfone groups is 1. The zero-order valence-electron chi connectivity index (χ0n) is 10.9. The normalized spacial score (nSPS) is 23.9. The first-order valence-corrected chi connectivity index (χ1v) is 8.25. The maximum Gasteiger partial charge on any atom is 0.153 e. The Kier molecular flexibility index (Phi) is 5.89. The van der Waals surface area contributed by atoms with Gasteiger partial charge in [0.2, 0.25) is 0 Å². The van der Waals surface area contributed by atoms with E-state index in [9.17, 15) is 13.5 Å². The number of aliphatic hydroxyl groups is 1. The third-order valence-corrected chi connectivity index (χ3v) is 5.78. The number of aliphatic hydroxyl groups excluding tert-OH is 1. The van der Waals surface area contributed by atoms with E-state index in [1.165, 1.54) is 6.42 Å². The monoisotopic (exact) mass is 263 g/mol. The molecule has 1 N–H and O–H groups in total. The molecule has 1 atom stereocenters. The van der Waals surface area contributed by atoms with E-state index in [-0.39, 0.29) is 23.7 Å². The molecule has 1 heterocycles. The highest BCUT2D eigenvalue weighted by atomic mass is 32.2. The van der Waals surface area contributed by atoms with E-state index in [2.05, 4.69) is 4.90 Å². The Hall–Kier alpha value is -0.130. The van der Waals surface area contributed by atoms with Gasteiger partial charge >= 0.3 is 0 Å². The van der Waals surface area contributed by atoms with Gasteiger partial charge in [-0.1, -0.05) is 12.8 Å². The van der Waals surface area contributed by atoms with Crippen LogP contribution in [0.3, 0.4) is 0 Å². The SMILES string of the molecule is CC(C)S(=O)(=O)CCN1CCCCCC1CO. The summed E-state index contributed by atoms with van der Waals surface area (Å²) >= 11 is 0. The van der Waals surface area contributed by atoms with Crippen LogP contribution in [0.25, 0.3) is 0 Å². The fourth-order valence-corrected chi connectivity index (χ4v) is 3.18. The number of hydrogen-bond acceptors (Lipinski definition) is 4. The smallest absolute Gasteiger partial charge is 0.153 e. The second-order valence-corrected chi connectivity index (χ2v) is 7.81. The highest BCUT2D eigenvalue weighted by Gasteiger charge is 2.23. The first-order chi connectivity index (χ1) is 7.97. The largest absolute Gasteiger partial charge is 0.395 e. The lowest BCUT2D eigenvalue weighted by atomic mass is 10.1. The Morgan fingerprint density at radius 1 is 1.29 bits per heavy atom. The molecule has 17 heavy (non-hydrogen) atoms. The van der Waals surface area contributed by atoms with Crippen LogP contribution in [0.2, 0.25) is 0 Å². The Balaban J connectivity index is 2.53. The molecular formula is C12H25NO3S. The topological polar surface area (TPSA) is 57.6 Å². The van der Waals surface area contributed by atoms with Crippen molar-refractivity contribution in [2.75, 3.05) is 25.4 Å². The first-order valence-electron chi connectivity index (χ1n) is 6.54. The summed E-state index contributed by atoms with van der Waals surface area (Å²) in [5.41, 5.74) is 0. The van der Waals surface area contributed by atoms with E-state index in [0.29, 0.717) is 6.54 Å². The molecule has 0 aromatic rings. The predicted octanol–water partition coefficient (Wildman–Crippen LogP) is 1.05. The van der Waals surface area contributed by atoms with Crippen molar-refractivity contribution in [3.05, 3.63) is 0 Å². The zero-order valence-corrected chi connectivity index (χ0v) is 11.7.